The molecule has 94 valence electrons. The Morgan fingerprint density at radius 1 is 1.33 bits per heavy atom. The Kier molecular flexibility index (Phi) is 2.98. The van der Waals surface area contributed by atoms with Crippen molar-refractivity contribution in [3.63, 3.8) is 0 Å². The summed E-state index contributed by atoms with van der Waals surface area (Å²) in [7, 11) is 0. The van der Waals surface area contributed by atoms with Gasteiger partial charge in [-0.25, -0.2) is 9.67 Å². The first kappa shape index (κ1) is 11.2. The van der Waals surface area contributed by atoms with Crippen LogP contribution in [0.15, 0.2) is 30.3 Å². The zero-order valence-electron chi connectivity index (χ0n) is 10.1. The van der Waals surface area contributed by atoms with Gasteiger partial charge in [0.15, 0.2) is 5.82 Å². The lowest BCUT2D eigenvalue weighted by Gasteiger charge is -2.17. The molecule has 0 saturated carbocycles. The monoisotopic (exact) mass is 244 g/mol. The highest BCUT2D eigenvalue weighted by Crippen LogP contribution is 2.20. The number of benzene rings is 1. The van der Waals surface area contributed by atoms with Gasteiger partial charge >= 0.3 is 0 Å². The summed E-state index contributed by atoms with van der Waals surface area (Å²) in [5.74, 6) is 2.41. The molecule has 1 aromatic carbocycles. The summed E-state index contributed by atoms with van der Waals surface area (Å²) in [5, 5.41) is 4.42. The SMILES string of the molecule is NC1CCCn2nc(COc3ccccc3)nc21. The van der Waals surface area contributed by atoms with Crippen LogP contribution < -0.4 is 10.5 Å². The second kappa shape index (κ2) is 4.78. The van der Waals surface area contributed by atoms with Crippen molar-refractivity contribution >= 4 is 0 Å². The first-order chi connectivity index (χ1) is 8.83. The zero-order chi connectivity index (χ0) is 12.4. The van der Waals surface area contributed by atoms with Gasteiger partial charge in [-0.1, -0.05) is 18.2 Å². The Labute approximate surface area is 106 Å². The average Bonchev–Trinajstić information content (AvgIpc) is 2.82. The number of ether oxygens (including phenoxy) is 1. The lowest BCUT2D eigenvalue weighted by Crippen LogP contribution is -2.22. The van der Waals surface area contributed by atoms with Gasteiger partial charge in [0.05, 0.1) is 6.04 Å². The predicted molar refractivity (Wildman–Crippen MR) is 67.0 cm³/mol. The normalized spacial score (nSPS) is 18.4. The summed E-state index contributed by atoms with van der Waals surface area (Å²) in [6, 6.07) is 9.69. The van der Waals surface area contributed by atoms with Crippen LogP contribution in [-0.2, 0) is 13.2 Å². The molecule has 0 bridgehead atoms. The van der Waals surface area contributed by atoms with Gasteiger partial charge in [0.25, 0.3) is 0 Å². The first-order valence-electron chi connectivity index (χ1n) is 6.20. The van der Waals surface area contributed by atoms with Crippen LogP contribution in [-0.4, -0.2) is 14.8 Å². The van der Waals surface area contributed by atoms with Gasteiger partial charge in [0, 0.05) is 6.54 Å². The van der Waals surface area contributed by atoms with Crippen molar-refractivity contribution in [2.45, 2.75) is 32.0 Å². The van der Waals surface area contributed by atoms with Crippen LogP contribution in [0.3, 0.4) is 0 Å². The number of nitrogens with zero attached hydrogens (tertiary/aromatic N) is 3. The lowest BCUT2D eigenvalue weighted by molar-refractivity contribution is 0.295. The van der Waals surface area contributed by atoms with E-state index >= 15 is 0 Å². The van der Waals surface area contributed by atoms with E-state index in [1.54, 1.807) is 0 Å². The van der Waals surface area contributed by atoms with E-state index in [4.69, 9.17) is 10.5 Å². The van der Waals surface area contributed by atoms with Crippen molar-refractivity contribution in [3.05, 3.63) is 42.0 Å². The standard InChI is InChI=1S/C13H16N4O/c14-11-7-4-8-17-13(11)15-12(16-17)9-18-10-5-2-1-3-6-10/h1-3,5-6,11H,4,7-9,14H2. The van der Waals surface area contributed by atoms with E-state index in [0.717, 1.165) is 31.0 Å². The number of para-hydroxylation sites is 1. The predicted octanol–water partition coefficient (Wildman–Crippen LogP) is 1.65. The molecule has 0 amide bonds. The van der Waals surface area contributed by atoms with Crippen LogP contribution in [0.25, 0.3) is 0 Å². The summed E-state index contributed by atoms with van der Waals surface area (Å²) < 4.78 is 7.53. The number of nitrogens with two attached hydrogens (primary N) is 1. The van der Waals surface area contributed by atoms with Crippen LogP contribution in [0.2, 0.25) is 0 Å². The summed E-state index contributed by atoms with van der Waals surface area (Å²) in [6.07, 6.45) is 2.05. The quantitative estimate of drug-likeness (QED) is 0.891. The van der Waals surface area contributed by atoms with Crippen LogP contribution in [0, 0.1) is 0 Å². The van der Waals surface area contributed by atoms with Gasteiger partial charge in [0.1, 0.15) is 18.2 Å². The number of fused-ring (bicyclic) bond motifs is 1. The van der Waals surface area contributed by atoms with Gasteiger partial charge in [-0.3, -0.25) is 0 Å². The molecule has 1 aromatic heterocycles. The maximum atomic E-state index is 6.00. The second-order valence-electron chi connectivity index (χ2n) is 4.46. The molecule has 1 aliphatic rings. The number of aryl methyl sites for hydroxylation is 1. The highest BCUT2D eigenvalue weighted by molar-refractivity contribution is 5.21. The minimum atomic E-state index is 0.0109. The van der Waals surface area contributed by atoms with E-state index in [1.807, 2.05) is 35.0 Å². The Hall–Kier alpha value is -1.88. The molecule has 0 aliphatic carbocycles. The van der Waals surface area contributed by atoms with Crippen molar-refractivity contribution in [2.75, 3.05) is 0 Å². The van der Waals surface area contributed by atoms with E-state index in [1.165, 1.54) is 0 Å². The average molecular weight is 244 g/mol. The van der Waals surface area contributed by atoms with Crippen LogP contribution >= 0.6 is 0 Å². The van der Waals surface area contributed by atoms with Gasteiger partial charge < -0.3 is 10.5 Å². The number of rotatable bonds is 3. The molecule has 2 heterocycles. The summed E-state index contributed by atoms with van der Waals surface area (Å²) in [5.41, 5.74) is 6.00. The van der Waals surface area contributed by atoms with Crippen LogP contribution in [0.1, 0.15) is 30.5 Å². The van der Waals surface area contributed by atoms with Crippen molar-refractivity contribution in [1.29, 1.82) is 0 Å². The van der Waals surface area contributed by atoms with Gasteiger partial charge in [-0.05, 0) is 25.0 Å². The molecule has 3 rings (SSSR count). The van der Waals surface area contributed by atoms with Crippen molar-refractivity contribution in [1.82, 2.24) is 14.8 Å². The Bertz CT molecular complexity index is 523. The lowest BCUT2D eigenvalue weighted by atomic mass is 10.1. The second-order valence-corrected chi connectivity index (χ2v) is 4.46. The molecule has 2 aromatic rings. The minimum absolute atomic E-state index is 0.0109. The van der Waals surface area contributed by atoms with E-state index in [9.17, 15) is 0 Å². The highest BCUT2D eigenvalue weighted by atomic mass is 16.5. The van der Waals surface area contributed by atoms with Crippen LogP contribution in [0.5, 0.6) is 5.75 Å². The van der Waals surface area contributed by atoms with Crippen molar-refractivity contribution < 1.29 is 4.74 Å². The summed E-state index contributed by atoms with van der Waals surface area (Å²) in [4.78, 5) is 4.45. The molecule has 0 saturated heterocycles. The molecular weight excluding hydrogens is 228 g/mol. The van der Waals surface area contributed by atoms with Crippen molar-refractivity contribution in [2.24, 2.45) is 5.73 Å². The van der Waals surface area contributed by atoms with Crippen molar-refractivity contribution in [3.8, 4) is 5.75 Å². The highest BCUT2D eigenvalue weighted by Gasteiger charge is 2.20. The molecule has 1 aliphatic heterocycles. The molecular formula is C13H16N4O. The Balaban J connectivity index is 1.70. The molecule has 0 spiro atoms. The third-order valence-electron chi connectivity index (χ3n) is 3.07. The third-order valence-corrected chi connectivity index (χ3v) is 3.07. The minimum Gasteiger partial charge on any atom is -0.486 e. The number of hydrogen-bond acceptors (Lipinski definition) is 4. The Morgan fingerprint density at radius 3 is 2.94 bits per heavy atom. The zero-order valence-corrected chi connectivity index (χ0v) is 10.1. The molecule has 5 nitrogen and oxygen atoms in total. The Morgan fingerprint density at radius 2 is 2.17 bits per heavy atom. The molecule has 2 N–H and O–H groups in total. The van der Waals surface area contributed by atoms with E-state index in [2.05, 4.69) is 10.1 Å². The fourth-order valence-electron chi connectivity index (χ4n) is 2.16. The van der Waals surface area contributed by atoms with Crippen LogP contribution in [0.4, 0.5) is 0 Å². The fraction of sp³-hybridized carbons (Fsp3) is 0.385. The first-order valence-corrected chi connectivity index (χ1v) is 6.20. The number of aromatic nitrogens is 3. The van der Waals surface area contributed by atoms with Gasteiger partial charge in [-0.15, -0.1) is 0 Å². The summed E-state index contributed by atoms with van der Waals surface area (Å²) >= 11 is 0. The molecule has 0 fully saturated rings. The summed E-state index contributed by atoms with van der Waals surface area (Å²) in [6.45, 7) is 1.29. The maximum Gasteiger partial charge on any atom is 0.188 e. The number of hydrogen-bond donors (Lipinski definition) is 1. The molecule has 1 unspecified atom stereocenters. The van der Waals surface area contributed by atoms with E-state index < -0.39 is 0 Å². The topological polar surface area (TPSA) is 66.0 Å². The largest absolute Gasteiger partial charge is 0.486 e. The fourth-order valence-corrected chi connectivity index (χ4v) is 2.16. The van der Waals surface area contributed by atoms with E-state index in [-0.39, 0.29) is 6.04 Å². The van der Waals surface area contributed by atoms with E-state index in [0.29, 0.717) is 12.4 Å². The molecule has 5 heteroatoms. The van der Waals surface area contributed by atoms with Gasteiger partial charge in [0.2, 0.25) is 0 Å². The smallest absolute Gasteiger partial charge is 0.188 e. The molecule has 0 radical (unpaired) electrons. The maximum absolute atomic E-state index is 6.00. The molecule has 1 atom stereocenters. The third kappa shape index (κ3) is 2.22. The van der Waals surface area contributed by atoms with Gasteiger partial charge in [-0.2, -0.15) is 5.10 Å². The molecule has 18 heavy (non-hydrogen) atoms.